The minimum atomic E-state index is -0.653. The SMILES string of the molecule is COCc1nc(Cl)c([N+](=O)[O-])c(NCCCO)n1. The maximum atomic E-state index is 10.9. The zero-order valence-corrected chi connectivity index (χ0v) is 10.5. The predicted molar refractivity (Wildman–Crippen MR) is 64.6 cm³/mol. The lowest BCUT2D eigenvalue weighted by Gasteiger charge is -2.08. The number of rotatable bonds is 7. The van der Waals surface area contributed by atoms with E-state index in [2.05, 4.69) is 15.3 Å². The average molecular weight is 277 g/mol. The van der Waals surface area contributed by atoms with Crippen LogP contribution < -0.4 is 5.32 Å². The summed E-state index contributed by atoms with van der Waals surface area (Å²) in [5.41, 5.74) is -0.380. The molecule has 18 heavy (non-hydrogen) atoms. The third kappa shape index (κ3) is 3.76. The highest BCUT2D eigenvalue weighted by Gasteiger charge is 2.23. The summed E-state index contributed by atoms with van der Waals surface area (Å²) >= 11 is 5.74. The first-order valence-electron chi connectivity index (χ1n) is 5.14. The Bertz CT molecular complexity index is 429. The van der Waals surface area contributed by atoms with Gasteiger partial charge in [0.25, 0.3) is 0 Å². The van der Waals surface area contributed by atoms with Crippen LogP contribution >= 0.6 is 11.6 Å². The Kier molecular flexibility index (Phi) is 5.69. The van der Waals surface area contributed by atoms with Gasteiger partial charge in [0.05, 0.1) is 4.92 Å². The highest BCUT2D eigenvalue weighted by atomic mass is 35.5. The molecule has 0 unspecified atom stereocenters. The summed E-state index contributed by atoms with van der Waals surface area (Å²) in [5, 5.41) is 22.0. The van der Waals surface area contributed by atoms with Gasteiger partial charge in [0.1, 0.15) is 6.61 Å². The Morgan fingerprint density at radius 2 is 2.28 bits per heavy atom. The molecular formula is C9H13ClN4O4. The lowest BCUT2D eigenvalue weighted by molar-refractivity contribution is -0.384. The fourth-order valence-corrected chi connectivity index (χ4v) is 1.49. The molecule has 0 saturated carbocycles. The quantitative estimate of drug-likeness (QED) is 0.330. The van der Waals surface area contributed by atoms with E-state index in [1.807, 2.05) is 0 Å². The van der Waals surface area contributed by atoms with Crippen LogP contribution in [-0.4, -0.2) is 40.3 Å². The standard InChI is InChI=1S/C9H13ClN4O4/c1-18-5-6-12-8(10)7(14(16)17)9(13-6)11-3-2-4-15/h15H,2-5H2,1H3,(H,11,12,13). The fourth-order valence-electron chi connectivity index (χ4n) is 1.24. The van der Waals surface area contributed by atoms with Crippen molar-refractivity contribution in [3.05, 3.63) is 21.1 Å². The molecule has 0 aliphatic carbocycles. The zero-order valence-electron chi connectivity index (χ0n) is 9.72. The van der Waals surface area contributed by atoms with Crippen molar-refractivity contribution >= 4 is 23.1 Å². The molecule has 0 bridgehead atoms. The summed E-state index contributed by atoms with van der Waals surface area (Å²) in [5.74, 6) is 0.278. The van der Waals surface area contributed by atoms with E-state index in [1.54, 1.807) is 0 Å². The predicted octanol–water partition coefficient (Wildman–Crippen LogP) is 0.979. The van der Waals surface area contributed by atoms with E-state index in [1.165, 1.54) is 7.11 Å². The van der Waals surface area contributed by atoms with Gasteiger partial charge in [0.2, 0.25) is 11.0 Å². The van der Waals surface area contributed by atoms with Crippen LogP contribution in [0.4, 0.5) is 11.5 Å². The van der Waals surface area contributed by atoms with E-state index in [-0.39, 0.29) is 35.7 Å². The molecule has 100 valence electrons. The third-order valence-electron chi connectivity index (χ3n) is 1.97. The fraction of sp³-hybridized carbons (Fsp3) is 0.556. The Labute approximate surface area is 108 Å². The van der Waals surface area contributed by atoms with Crippen molar-refractivity contribution in [2.24, 2.45) is 0 Å². The van der Waals surface area contributed by atoms with Crippen LogP contribution in [-0.2, 0) is 11.3 Å². The number of anilines is 1. The van der Waals surface area contributed by atoms with Crippen LogP contribution in [0.1, 0.15) is 12.2 Å². The van der Waals surface area contributed by atoms with Crippen molar-refractivity contribution in [1.82, 2.24) is 9.97 Å². The number of aliphatic hydroxyl groups excluding tert-OH is 1. The molecule has 0 aliphatic heterocycles. The van der Waals surface area contributed by atoms with E-state index < -0.39 is 4.92 Å². The number of hydrogen-bond acceptors (Lipinski definition) is 7. The van der Waals surface area contributed by atoms with Gasteiger partial charge in [-0.15, -0.1) is 0 Å². The van der Waals surface area contributed by atoms with Crippen LogP contribution in [0.25, 0.3) is 0 Å². The molecule has 1 aromatic heterocycles. The normalized spacial score (nSPS) is 10.4. The van der Waals surface area contributed by atoms with E-state index >= 15 is 0 Å². The van der Waals surface area contributed by atoms with E-state index in [0.29, 0.717) is 13.0 Å². The van der Waals surface area contributed by atoms with Crippen LogP contribution in [0, 0.1) is 10.1 Å². The highest BCUT2D eigenvalue weighted by Crippen LogP contribution is 2.29. The molecule has 2 N–H and O–H groups in total. The monoisotopic (exact) mass is 276 g/mol. The Morgan fingerprint density at radius 3 is 2.83 bits per heavy atom. The van der Waals surface area contributed by atoms with Crippen molar-refractivity contribution in [2.45, 2.75) is 13.0 Å². The van der Waals surface area contributed by atoms with Gasteiger partial charge in [0.15, 0.2) is 5.82 Å². The zero-order chi connectivity index (χ0) is 13.5. The van der Waals surface area contributed by atoms with Crippen molar-refractivity contribution in [2.75, 3.05) is 25.6 Å². The third-order valence-corrected chi connectivity index (χ3v) is 2.23. The van der Waals surface area contributed by atoms with Crippen LogP contribution in [0.5, 0.6) is 0 Å². The summed E-state index contributed by atoms with van der Waals surface area (Å²) in [6.45, 7) is 0.425. The first kappa shape index (κ1) is 14.6. The van der Waals surface area contributed by atoms with Gasteiger partial charge in [-0.2, -0.15) is 0 Å². The summed E-state index contributed by atoms with van der Waals surface area (Å²) in [7, 11) is 1.46. The van der Waals surface area contributed by atoms with Gasteiger partial charge < -0.3 is 15.2 Å². The van der Waals surface area contributed by atoms with Gasteiger partial charge in [0, 0.05) is 20.3 Å². The van der Waals surface area contributed by atoms with E-state index in [9.17, 15) is 10.1 Å². The summed E-state index contributed by atoms with van der Waals surface area (Å²) in [6.07, 6.45) is 0.443. The second kappa shape index (κ2) is 7.04. The minimum absolute atomic E-state index is 0.0233. The Balaban J connectivity index is 3.03. The number of nitro groups is 1. The lowest BCUT2D eigenvalue weighted by Crippen LogP contribution is -2.11. The van der Waals surface area contributed by atoms with Gasteiger partial charge in [-0.3, -0.25) is 10.1 Å². The molecule has 0 fully saturated rings. The molecule has 0 atom stereocenters. The summed E-state index contributed by atoms with van der Waals surface area (Å²) < 4.78 is 4.84. The summed E-state index contributed by atoms with van der Waals surface area (Å²) in [4.78, 5) is 17.9. The molecule has 1 aromatic rings. The average Bonchev–Trinajstić information content (AvgIpc) is 2.28. The first-order valence-corrected chi connectivity index (χ1v) is 5.52. The number of nitrogens with zero attached hydrogens (tertiary/aromatic N) is 3. The maximum absolute atomic E-state index is 10.9. The van der Waals surface area contributed by atoms with Crippen molar-refractivity contribution in [1.29, 1.82) is 0 Å². The smallest absolute Gasteiger partial charge is 0.348 e. The molecule has 0 aliphatic rings. The molecule has 1 rings (SSSR count). The molecular weight excluding hydrogens is 264 g/mol. The van der Waals surface area contributed by atoms with Crippen molar-refractivity contribution in [3.8, 4) is 0 Å². The Hall–Kier alpha value is -1.51. The molecule has 0 amide bonds. The number of aliphatic hydroxyl groups is 1. The molecule has 1 heterocycles. The molecule has 0 radical (unpaired) electrons. The van der Waals surface area contributed by atoms with Gasteiger partial charge >= 0.3 is 5.69 Å². The number of hydrogen-bond donors (Lipinski definition) is 2. The molecule has 0 saturated heterocycles. The van der Waals surface area contributed by atoms with Gasteiger partial charge in [-0.1, -0.05) is 11.6 Å². The number of halogens is 1. The summed E-state index contributed by atoms with van der Waals surface area (Å²) in [6, 6.07) is 0. The number of aromatic nitrogens is 2. The van der Waals surface area contributed by atoms with Crippen LogP contribution in [0.15, 0.2) is 0 Å². The number of nitrogens with one attached hydrogen (secondary N) is 1. The second-order valence-corrected chi connectivity index (χ2v) is 3.68. The van der Waals surface area contributed by atoms with Crippen molar-refractivity contribution in [3.63, 3.8) is 0 Å². The Morgan fingerprint density at radius 1 is 1.56 bits per heavy atom. The van der Waals surface area contributed by atoms with Crippen molar-refractivity contribution < 1.29 is 14.8 Å². The highest BCUT2D eigenvalue weighted by molar-refractivity contribution is 6.31. The molecule has 0 spiro atoms. The largest absolute Gasteiger partial charge is 0.396 e. The second-order valence-electron chi connectivity index (χ2n) is 3.32. The maximum Gasteiger partial charge on any atom is 0.348 e. The number of ether oxygens (including phenoxy) is 1. The molecule has 8 nitrogen and oxygen atoms in total. The van der Waals surface area contributed by atoms with Crippen LogP contribution in [0.3, 0.4) is 0 Å². The molecule has 9 heteroatoms. The van der Waals surface area contributed by atoms with E-state index in [0.717, 1.165) is 0 Å². The topological polar surface area (TPSA) is 110 Å². The van der Waals surface area contributed by atoms with Crippen LogP contribution in [0.2, 0.25) is 5.15 Å². The van der Waals surface area contributed by atoms with Gasteiger partial charge in [-0.25, -0.2) is 9.97 Å². The van der Waals surface area contributed by atoms with E-state index in [4.69, 9.17) is 21.4 Å². The lowest BCUT2D eigenvalue weighted by atomic mass is 10.4. The molecule has 0 aromatic carbocycles. The first-order chi connectivity index (χ1) is 8.60. The number of methoxy groups -OCH3 is 1. The van der Waals surface area contributed by atoms with Gasteiger partial charge in [-0.05, 0) is 6.42 Å². The minimum Gasteiger partial charge on any atom is -0.396 e.